The van der Waals surface area contributed by atoms with E-state index in [4.69, 9.17) is 9.94 Å². The predicted molar refractivity (Wildman–Crippen MR) is 39.1 cm³/mol. The average Bonchev–Trinajstić information content (AvgIpc) is 2.48. The van der Waals surface area contributed by atoms with Crippen LogP contribution in [0.15, 0.2) is 12.7 Å². The number of methoxy groups -OCH3 is 1. The molecule has 0 aromatic carbocycles. The lowest BCUT2D eigenvalue weighted by molar-refractivity contribution is 0.196. The van der Waals surface area contributed by atoms with Gasteiger partial charge < -0.3 is 9.94 Å². The molecule has 1 N–H and O–H groups in total. The number of rotatable bonds is 1. The highest BCUT2D eigenvalue weighted by Gasteiger charge is 2.08. The lowest BCUT2D eigenvalue weighted by atomic mass is 10.5. The molecular weight excluding hydrogens is 160 g/mol. The van der Waals surface area contributed by atoms with Gasteiger partial charge in [0.1, 0.15) is 12.7 Å². The van der Waals surface area contributed by atoms with Gasteiger partial charge in [-0.1, -0.05) is 0 Å². The van der Waals surface area contributed by atoms with E-state index in [0.717, 1.165) is 4.73 Å². The molecule has 6 heteroatoms. The number of aromatic nitrogens is 4. The lowest BCUT2D eigenvalue weighted by Crippen LogP contribution is -1.93. The highest BCUT2D eigenvalue weighted by atomic mass is 16.5. The largest absolute Gasteiger partial charge is 0.479 e. The Labute approximate surface area is 67.4 Å². The fraction of sp³-hybridized carbons (Fsp3) is 0.167. The summed E-state index contributed by atoms with van der Waals surface area (Å²) >= 11 is 0. The molecule has 62 valence electrons. The number of fused-ring (bicyclic) bond motifs is 1. The van der Waals surface area contributed by atoms with Crippen LogP contribution in [-0.4, -0.2) is 32.0 Å². The van der Waals surface area contributed by atoms with Crippen molar-refractivity contribution in [2.45, 2.75) is 0 Å². The van der Waals surface area contributed by atoms with Gasteiger partial charge in [0, 0.05) is 0 Å². The number of hydrogen-bond acceptors (Lipinski definition) is 5. The van der Waals surface area contributed by atoms with Crippen LogP contribution in [-0.2, 0) is 0 Å². The minimum absolute atomic E-state index is 0.335. The molecule has 0 aliphatic rings. The maximum Gasteiger partial charge on any atom is 0.245 e. The van der Waals surface area contributed by atoms with Crippen molar-refractivity contribution >= 4 is 11.2 Å². The normalized spacial score (nSPS) is 10.4. The number of nitrogens with zero attached hydrogens (tertiary/aromatic N) is 4. The maximum absolute atomic E-state index is 9.14. The quantitative estimate of drug-likeness (QED) is 0.607. The fourth-order valence-electron chi connectivity index (χ4n) is 0.951. The first-order valence-electron chi connectivity index (χ1n) is 3.24. The van der Waals surface area contributed by atoms with Crippen molar-refractivity contribution < 1.29 is 9.94 Å². The van der Waals surface area contributed by atoms with Crippen LogP contribution in [0.1, 0.15) is 0 Å². The maximum atomic E-state index is 9.14. The second-order valence-electron chi connectivity index (χ2n) is 2.14. The van der Waals surface area contributed by atoms with Gasteiger partial charge >= 0.3 is 0 Å². The van der Waals surface area contributed by atoms with Gasteiger partial charge in [0.25, 0.3) is 0 Å². The molecule has 2 rings (SSSR count). The molecule has 0 radical (unpaired) electrons. The van der Waals surface area contributed by atoms with Crippen molar-refractivity contribution in [2.24, 2.45) is 0 Å². The van der Waals surface area contributed by atoms with E-state index in [1.807, 2.05) is 0 Å². The van der Waals surface area contributed by atoms with E-state index >= 15 is 0 Å². The Bertz CT molecular complexity index is 411. The third-order valence-corrected chi connectivity index (χ3v) is 1.48. The molecule has 0 saturated heterocycles. The molecule has 0 bridgehead atoms. The summed E-state index contributed by atoms with van der Waals surface area (Å²) in [5.41, 5.74) is 0.782. The van der Waals surface area contributed by atoms with Crippen molar-refractivity contribution in [3.05, 3.63) is 12.7 Å². The summed E-state index contributed by atoms with van der Waals surface area (Å²) in [7, 11) is 1.48. The van der Waals surface area contributed by atoms with Crippen LogP contribution in [0, 0.1) is 0 Å². The fourth-order valence-corrected chi connectivity index (χ4v) is 0.951. The van der Waals surface area contributed by atoms with Gasteiger partial charge in [-0.05, 0) is 0 Å². The van der Waals surface area contributed by atoms with Crippen LogP contribution < -0.4 is 4.74 Å². The highest BCUT2D eigenvalue weighted by molar-refractivity contribution is 5.75. The Morgan fingerprint density at radius 1 is 1.42 bits per heavy atom. The Morgan fingerprint density at radius 3 is 3.00 bits per heavy atom. The Kier molecular flexibility index (Phi) is 1.33. The molecule has 0 amide bonds. The second-order valence-corrected chi connectivity index (χ2v) is 2.14. The first-order valence-corrected chi connectivity index (χ1v) is 3.24. The van der Waals surface area contributed by atoms with Gasteiger partial charge in [0.05, 0.1) is 7.11 Å². The molecule has 0 aliphatic heterocycles. The molecule has 2 aromatic heterocycles. The minimum Gasteiger partial charge on any atom is -0.479 e. The number of hydrogen-bond donors (Lipinski definition) is 1. The van der Waals surface area contributed by atoms with Crippen molar-refractivity contribution in [1.29, 1.82) is 0 Å². The third-order valence-electron chi connectivity index (χ3n) is 1.48. The van der Waals surface area contributed by atoms with E-state index in [9.17, 15) is 0 Å². The first-order chi connectivity index (χ1) is 5.83. The topological polar surface area (TPSA) is 73.1 Å². The van der Waals surface area contributed by atoms with Gasteiger partial charge in [-0.25, -0.2) is 9.97 Å². The van der Waals surface area contributed by atoms with Crippen LogP contribution in [0.5, 0.6) is 5.88 Å². The van der Waals surface area contributed by atoms with Crippen LogP contribution in [0.25, 0.3) is 11.2 Å². The zero-order valence-corrected chi connectivity index (χ0v) is 6.30. The minimum atomic E-state index is 0.335. The van der Waals surface area contributed by atoms with E-state index in [1.165, 1.54) is 19.8 Å². The van der Waals surface area contributed by atoms with E-state index in [1.54, 1.807) is 0 Å². The molecule has 0 aliphatic carbocycles. The summed E-state index contributed by atoms with van der Waals surface area (Å²) in [5.74, 6) is 0.354. The summed E-state index contributed by atoms with van der Waals surface area (Å²) in [4.78, 5) is 11.5. The Morgan fingerprint density at radius 2 is 2.25 bits per heavy atom. The second kappa shape index (κ2) is 2.33. The monoisotopic (exact) mass is 166 g/mol. The average molecular weight is 166 g/mol. The first kappa shape index (κ1) is 6.84. The molecular formula is C6H6N4O2. The van der Waals surface area contributed by atoms with Crippen molar-refractivity contribution in [3.63, 3.8) is 0 Å². The van der Waals surface area contributed by atoms with Gasteiger partial charge in [0.15, 0.2) is 5.52 Å². The SMILES string of the molecule is COc1ncnc2c1ncn2O. The van der Waals surface area contributed by atoms with Crippen LogP contribution in [0.2, 0.25) is 0 Å². The molecule has 2 aromatic rings. The van der Waals surface area contributed by atoms with Crippen LogP contribution in [0.4, 0.5) is 0 Å². The highest BCUT2D eigenvalue weighted by Crippen LogP contribution is 2.17. The van der Waals surface area contributed by atoms with Gasteiger partial charge in [-0.2, -0.15) is 9.71 Å². The molecule has 0 saturated carbocycles. The number of imidazole rings is 1. The predicted octanol–water partition coefficient (Wildman–Crippen LogP) is 0.0722. The molecule has 0 spiro atoms. The lowest BCUT2D eigenvalue weighted by Gasteiger charge is -1.96. The van der Waals surface area contributed by atoms with Crippen LogP contribution in [0.3, 0.4) is 0 Å². The zero-order chi connectivity index (χ0) is 8.55. The van der Waals surface area contributed by atoms with E-state index in [2.05, 4.69) is 15.0 Å². The van der Waals surface area contributed by atoms with Crippen LogP contribution >= 0.6 is 0 Å². The van der Waals surface area contributed by atoms with Crippen molar-refractivity contribution in [2.75, 3.05) is 7.11 Å². The molecule has 0 fully saturated rings. The molecule has 0 unspecified atom stereocenters. The molecule has 12 heavy (non-hydrogen) atoms. The number of ether oxygens (including phenoxy) is 1. The Balaban J connectivity index is 2.81. The standard InChI is InChI=1S/C6H6N4O2/c1-12-6-4-5(7-2-8-6)10(11)3-9-4/h2-3,11H,1H3. The molecule has 6 nitrogen and oxygen atoms in total. The zero-order valence-electron chi connectivity index (χ0n) is 6.30. The van der Waals surface area contributed by atoms with Crippen molar-refractivity contribution in [3.8, 4) is 5.88 Å². The van der Waals surface area contributed by atoms with Gasteiger partial charge in [-0.3, -0.25) is 0 Å². The van der Waals surface area contributed by atoms with E-state index < -0.39 is 0 Å². The smallest absolute Gasteiger partial charge is 0.245 e. The van der Waals surface area contributed by atoms with Crippen molar-refractivity contribution in [1.82, 2.24) is 19.7 Å². The van der Waals surface area contributed by atoms with Gasteiger partial charge in [-0.15, -0.1) is 0 Å². The van der Waals surface area contributed by atoms with Gasteiger partial charge in [0.2, 0.25) is 11.5 Å². The molecule has 0 atom stereocenters. The third kappa shape index (κ3) is 0.777. The summed E-state index contributed by atoms with van der Waals surface area (Å²) in [5, 5.41) is 9.14. The Hall–Kier alpha value is -1.85. The van der Waals surface area contributed by atoms with E-state index in [0.29, 0.717) is 17.0 Å². The summed E-state index contributed by atoms with van der Waals surface area (Å²) in [6.45, 7) is 0. The van der Waals surface area contributed by atoms with E-state index in [-0.39, 0.29) is 0 Å². The summed E-state index contributed by atoms with van der Waals surface area (Å²) < 4.78 is 5.72. The summed E-state index contributed by atoms with van der Waals surface area (Å²) in [6.07, 6.45) is 2.54. The summed E-state index contributed by atoms with van der Waals surface area (Å²) in [6, 6.07) is 0. The molecule has 2 heterocycles.